The monoisotopic (exact) mass is 240 g/mol. The highest BCUT2D eigenvalue weighted by Crippen LogP contribution is 2.19. The maximum atomic E-state index is 12.4. The van der Waals surface area contributed by atoms with Crippen molar-refractivity contribution in [1.29, 1.82) is 0 Å². The molecule has 1 aliphatic rings. The predicted octanol–water partition coefficient (Wildman–Crippen LogP) is 2.41. The van der Waals surface area contributed by atoms with E-state index in [1.54, 1.807) is 0 Å². The van der Waals surface area contributed by atoms with Crippen LogP contribution in [-0.2, 0) is 4.79 Å². The maximum absolute atomic E-state index is 12.4. The molecule has 0 bridgehead atoms. The average molecular weight is 240 g/mol. The first-order valence-electron chi connectivity index (χ1n) is 7.04. The van der Waals surface area contributed by atoms with Crippen molar-refractivity contribution in [3.63, 3.8) is 0 Å². The number of hydrogen-bond acceptors (Lipinski definition) is 2. The molecule has 1 unspecified atom stereocenters. The van der Waals surface area contributed by atoms with Crippen LogP contribution in [0, 0.1) is 5.92 Å². The van der Waals surface area contributed by atoms with E-state index in [0.29, 0.717) is 5.91 Å². The molecule has 0 spiro atoms. The average Bonchev–Trinajstić information content (AvgIpc) is 2.28. The summed E-state index contributed by atoms with van der Waals surface area (Å²) in [6, 6.07) is 0. The Morgan fingerprint density at radius 3 is 2.65 bits per heavy atom. The van der Waals surface area contributed by atoms with Crippen molar-refractivity contribution in [3.8, 4) is 0 Å². The molecule has 1 amide bonds. The maximum Gasteiger partial charge on any atom is 0.225 e. The van der Waals surface area contributed by atoms with Crippen LogP contribution in [0.15, 0.2) is 0 Å². The summed E-state index contributed by atoms with van der Waals surface area (Å²) in [5, 5.41) is 3.45. The minimum Gasteiger partial charge on any atom is -0.339 e. The van der Waals surface area contributed by atoms with E-state index in [0.717, 1.165) is 32.5 Å². The van der Waals surface area contributed by atoms with E-state index < -0.39 is 0 Å². The summed E-state index contributed by atoms with van der Waals surface area (Å²) in [5.74, 6) is 0.611. The van der Waals surface area contributed by atoms with Crippen molar-refractivity contribution < 1.29 is 4.79 Å². The standard InChI is InChI=1S/C14H28N2O/c1-5-7-8-12(6-2)13(17)16-10-9-15-14(3,4)11-16/h12,15H,5-11H2,1-4H3. The molecule has 1 N–H and O–H groups in total. The van der Waals surface area contributed by atoms with Gasteiger partial charge < -0.3 is 10.2 Å². The van der Waals surface area contributed by atoms with Crippen molar-refractivity contribution >= 4 is 5.91 Å². The van der Waals surface area contributed by atoms with Gasteiger partial charge in [-0.2, -0.15) is 0 Å². The molecule has 1 atom stereocenters. The topological polar surface area (TPSA) is 32.3 Å². The minimum atomic E-state index is 0.0664. The molecule has 0 aromatic rings. The molecule has 0 aromatic carbocycles. The van der Waals surface area contributed by atoms with E-state index in [4.69, 9.17) is 0 Å². The summed E-state index contributed by atoms with van der Waals surface area (Å²) >= 11 is 0. The van der Waals surface area contributed by atoms with Gasteiger partial charge in [0, 0.05) is 31.1 Å². The lowest BCUT2D eigenvalue weighted by Gasteiger charge is -2.40. The Hall–Kier alpha value is -0.570. The van der Waals surface area contributed by atoms with Crippen LogP contribution >= 0.6 is 0 Å². The minimum absolute atomic E-state index is 0.0664. The van der Waals surface area contributed by atoms with Gasteiger partial charge in [-0.05, 0) is 26.7 Å². The van der Waals surface area contributed by atoms with Gasteiger partial charge in [0.25, 0.3) is 0 Å². The van der Waals surface area contributed by atoms with Gasteiger partial charge in [0.05, 0.1) is 0 Å². The third-order valence-corrected chi connectivity index (χ3v) is 3.63. The van der Waals surface area contributed by atoms with Crippen LogP contribution in [0.2, 0.25) is 0 Å². The van der Waals surface area contributed by atoms with Crippen LogP contribution in [0.4, 0.5) is 0 Å². The molecule has 0 saturated carbocycles. The van der Waals surface area contributed by atoms with Crippen molar-refractivity contribution in [2.45, 2.75) is 58.9 Å². The Morgan fingerprint density at radius 2 is 2.12 bits per heavy atom. The SMILES string of the molecule is CCCCC(CC)C(=O)N1CCNC(C)(C)C1. The number of amides is 1. The molecule has 3 heteroatoms. The number of hydrogen-bond donors (Lipinski definition) is 1. The van der Waals surface area contributed by atoms with Crippen LogP contribution in [0.3, 0.4) is 0 Å². The molecule has 1 saturated heterocycles. The third kappa shape index (κ3) is 4.30. The smallest absolute Gasteiger partial charge is 0.225 e. The fraction of sp³-hybridized carbons (Fsp3) is 0.929. The van der Waals surface area contributed by atoms with Gasteiger partial charge in [0.1, 0.15) is 0 Å². The molecule has 0 radical (unpaired) electrons. The first-order chi connectivity index (χ1) is 8.00. The van der Waals surface area contributed by atoms with Crippen LogP contribution in [0.25, 0.3) is 0 Å². The van der Waals surface area contributed by atoms with Crippen molar-refractivity contribution in [3.05, 3.63) is 0 Å². The molecular formula is C14H28N2O. The van der Waals surface area contributed by atoms with Gasteiger partial charge in [-0.3, -0.25) is 4.79 Å². The normalized spacial score (nSPS) is 21.3. The number of carbonyl (C=O) groups is 1. The summed E-state index contributed by atoms with van der Waals surface area (Å²) < 4.78 is 0. The first-order valence-corrected chi connectivity index (χ1v) is 7.04. The van der Waals surface area contributed by atoms with Crippen LogP contribution in [0.5, 0.6) is 0 Å². The lowest BCUT2D eigenvalue weighted by molar-refractivity contribution is -0.138. The Labute approximate surface area is 106 Å². The zero-order valence-electron chi connectivity index (χ0n) is 11.9. The molecule has 100 valence electrons. The Balaban J connectivity index is 2.54. The van der Waals surface area contributed by atoms with E-state index in [1.807, 2.05) is 0 Å². The van der Waals surface area contributed by atoms with Crippen molar-refractivity contribution in [1.82, 2.24) is 10.2 Å². The van der Waals surface area contributed by atoms with Gasteiger partial charge in [0.2, 0.25) is 5.91 Å². The van der Waals surface area contributed by atoms with Gasteiger partial charge in [-0.25, -0.2) is 0 Å². The number of carbonyl (C=O) groups excluding carboxylic acids is 1. The molecular weight excluding hydrogens is 212 g/mol. The second-order valence-electron chi connectivity index (χ2n) is 5.82. The quantitative estimate of drug-likeness (QED) is 0.800. The Bertz CT molecular complexity index is 251. The van der Waals surface area contributed by atoms with Crippen LogP contribution in [-0.4, -0.2) is 36.0 Å². The largest absolute Gasteiger partial charge is 0.339 e. The van der Waals surface area contributed by atoms with E-state index in [-0.39, 0.29) is 11.5 Å². The Kier molecular flexibility index (Phi) is 5.44. The zero-order valence-corrected chi connectivity index (χ0v) is 11.9. The van der Waals surface area contributed by atoms with E-state index in [9.17, 15) is 4.79 Å². The van der Waals surface area contributed by atoms with Crippen LogP contribution in [0.1, 0.15) is 53.4 Å². The molecule has 0 aliphatic carbocycles. The fourth-order valence-electron chi connectivity index (χ4n) is 2.54. The summed E-state index contributed by atoms with van der Waals surface area (Å²) in [6.45, 7) is 11.3. The van der Waals surface area contributed by atoms with E-state index >= 15 is 0 Å². The number of rotatable bonds is 5. The third-order valence-electron chi connectivity index (χ3n) is 3.63. The number of nitrogens with one attached hydrogen (secondary N) is 1. The van der Waals surface area contributed by atoms with E-state index in [1.165, 1.54) is 12.8 Å². The molecule has 3 nitrogen and oxygen atoms in total. The number of unbranched alkanes of at least 4 members (excludes halogenated alkanes) is 1. The van der Waals surface area contributed by atoms with Gasteiger partial charge >= 0.3 is 0 Å². The summed E-state index contributed by atoms with van der Waals surface area (Å²) in [6.07, 6.45) is 4.37. The number of nitrogens with zero attached hydrogens (tertiary/aromatic N) is 1. The van der Waals surface area contributed by atoms with Gasteiger partial charge in [-0.1, -0.05) is 26.7 Å². The second kappa shape index (κ2) is 6.39. The lowest BCUT2D eigenvalue weighted by atomic mass is 9.95. The predicted molar refractivity (Wildman–Crippen MR) is 72.0 cm³/mol. The number of piperazine rings is 1. The molecule has 0 aromatic heterocycles. The van der Waals surface area contributed by atoms with E-state index in [2.05, 4.69) is 37.9 Å². The van der Waals surface area contributed by atoms with Crippen molar-refractivity contribution in [2.75, 3.05) is 19.6 Å². The highest BCUT2D eigenvalue weighted by molar-refractivity contribution is 5.79. The zero-order chi connectivity index (χ0) is 12.9. The molecule has 1 fully saturated rings. The summed E-state index contributed by atoms with van der Waals surface area (Å²) in [7, 11) is 0. The highest BCUT2D eigenvalue weighted by atomic mass is 16.2. The molecule has 1 rings (SSSR count). The second-order valence-corrected chi connectivity index (χ2v) is 5.82. The van der Waals surface area contributed by atoms with Crippen molar-refractivity contribution in [2.24, 2.45) is 5.92 Å². The van der Waals surface area contributed by atoms with Gasteiger partial charge in [0.15, 0.2) is 0 Å². The lowest BCUT2D eigenvalue weighted by Crippen LogP contribution is -2.59. The molecule has 17 heavy (non-hydrogen) atoms. The fourth-order valence-corrected chi connectivity index (χ4v) is 2.54. The first kappa shape index (κ1) is 14.5. The van der Waals surface area contributed by atoms with Gasteiger partial charge in [-0.15, -0.1) is 0 Å². The van der Waals surface area contributed by atoms with Crippen LogP contribution < -0.4 is 5.32 Å². The summed E-state index contributed by atoms with van der Waals surface area (Å²) in [5.41, 5.74) is 0.0664. The Morgan fingerprint density at radius 1 is 1.41 bits per heavy atom. The molecule has 1 heterocycles. The summed E-state index contributed by atoms with van der Waals surface area (Å²) in [4.78, 5) is 14.5. The highest BCUT2D eigenvalue weighted by Gasteiger charge is 2.31. The molecule has 1 aliphatic heterocycles.